The van der Waals surface area contributed by atoms with Crippen LogP contribution in [0.4, 0.5) is 23.0 Å². The van der Waals surface area contributed by atoms with Crippen LogP contribution in [-0.2, 0) is 31.9 Å². The van der Waals surface area contributed by atoms with Crippen LogP contribution in [0.3, 0.4) is 0 Å². The average Bonchev–Trinajstić information content (AvgIpc) is 3.55. The van der Waals surface area contributed by atoms with E-state index in [1.807, 2.05) is 23.8 Å². The van der Waals surface area contributed by atoms with E-state index in [1.165, 1.54) is 18.3 Å². The maximum Gasteiger partial charge on any atom is 0.332 e. The van der Waals surface area contributed by atoms with Crippen molar-refractivity contribution in [3.63, 3.8) is 0 Å². The van der Waals surface area contributed by atoms with Crippen molar-refractivity contribution in [2.45, 2.75) is 111 Å². The van der Waals surface area contributed by atoms with Crippen LogP contribution in [0.25, 0.3) is 0 Å². The van der Waals surface area contributed by atoms with E-state index in [1.54, 1.807) is 51.7 Å². The smallest absolute Gasteiger partial charge is 0.332 e. The number of hydrogen-bond donors (Lipinski definition) is 2. The lowest BCUT2D eigenvalue weighted by atomic mass is 10.0. The van der Waals surface area contributed by atoms with Crippen molar-refractivity contribution in [1.29, 1.82) is 0 Å². The Hall–Kier alpha value is -3.56. The molecule has 0 unspecified atom stereocenters. The molecule has 2 aromatic rings. The van der Waals surface area contributed by atoms with E-state index in [0.29, 0.717) is 74.7 Å². The number of hydrazine groups is 1. The van der Waals surface area contributed by atoms with Gasteiger partial charge in [0.05, 0.1) is 11.2 Å². The molecular weight excluding hydrogens is 608 g/mol. The highest BCUT2D eigenvalue weighted by Gasteiger charge is 2.42. The van der Waals surface area contributed by atoms with Crippen molar-refractivity contribution in [3.8, 4) is 0 Å². The standard InChI is InChI=1S/C32H54N8O7/c1-9-17-35-20-39(25-23(35)27(41)37(29(43)33(25)7)18-13-11-15-31(3,4)45)40-21-36(22-47-10-2)24-26(40)34(8)30(44)38(28(24)42)19-14-12-16-32(5,6)46/h45-46H,9-22H2,1-8H3. The van der Waals surface area contributed by atoms with Gasteiger partial charge in [0.15, 0.2) is 11.6 Å². The highest BCUT2D eigenvalue weighted by atomic mass is 16.5. The number of hydrogen-bond acceptors (Lipinski definition) is 11. The molecule has 0 fully saturated rings. The molecule has 2 N–H and O–H groups in total. The zero-order valence-corrected chi connectivity index (χ0v) is 29.4. The SMILES string of the molecule is CCCN1CN(N2CN(COCC)c3c2n(C)c(=O)n(CCCCC(C)(C)O)c3=O)c2c1c(=O)n(CCCCC(C)(C)O)c(=O)n2C. The summed E-state index contributed by atoms with van der Waals surface area (Å²) in [6.45, 7) is 12.7. The Morgan fingerprint density at radius 2 is 1.09 bits per heavy atom. The Morgan fingerprint density at radius 1 is 0.660 bits per heavy atom. The van der Waals surface area contributed by atoms with Gasteiger partial charge in [-0.05, 0) is 79.6 Å². The van der Waals surface area contributed by atoms with E-state index in [0.717, 1.165) is 6.42 Å². The first-order chi connectivity index (χ1) is 22.0. The van der Waals surface area contributed by atoms with Gasteiger partial charge in [0.25, 0.3) is 11.1 Å². The zero-order chi connectivity index (χ0) is 34.8. The number of fused-ring (bicyclic) bond motifs is 2. The van der Waals surface area contributed by atoms with Crippen molar-refractivity contribution >= 4 is 23.0 Å². The molecule has 47 heavy (non-hydrogen) atoms. The fraction of sp³-hybridized carbons (Fsp3) is 0.750. The van der Waals surface area contributed by atoms with Gasteiger partial charge in [0.1, 0.15) is 31.4 Å². The molecule has 0 radical (unpaired) electrons. The number of aromatic nitrogens is 4. The number of unbranched alkanes of at least 4 members (excludes halogenated alkanes) is 2. The van der Waals surface area contributed by atoms with Gasteiger partial charge in [-0.1, -0.05) is 6.92 Å². The van der Waals surface area contributed by atoms with Crippen LogP contribution in [0, 0.1) is 0 Å². The van der Waals surface area contributed by atoms with Crippen LogP contribution in [0.1, 0.15) is 86.5 Å². The van der Waals surface area contributed by atoms with Gasteiger partial charge in [-0.25, -0.2) is 19.6 Å². The largest absolute Gasteiger partial charge is 0.390 e. The van der Waals surface area contributed by atoms with E-state index in [-0.39, 0.29) is 38.7 Å². The molecule has 4 heterocycles. The summed E-state index contributed by atoms with van der Waals surface area (Å²) in [6, 6.07) is 0. The van der Waals surface area contributed by atoms with Crippen LogP contribution in [-0.4, -0.2) is 72.9 Å². The predicted molar refractivity (Wildman–Crippen MR) is 183 cm³/mol. The van der Waals surface area contributed by atoms with Gasteiger partial charge >= 0.3 is 11.4 Å². The lowest BCUT2D eigenvalue weighted by Gasteiger charge is -2.33. The minimum atomic E-state index is -0.833. The molecule has 15 nitrogen and oxygen atoms in total. The molecular formula is C32H54N8O7. The Kier molecular flexibility index (Phi) is 11.0. The normalized spacial score (nSPS) is 14.9. The second-order valence-corrected chi connectivity index (χ2v) is 14.0. The molecule has 15 heteroatoms. The van der Waals surface area contributed by atoms with Crippen LogP contribution in [0.5, 0.6) is 0 Å². The third-order valence-electron chi connectivity index (χ3n) is 8.80. The molecule has 0 aliphatic carbocycles. The van der Waals surface area contributed by atoms with Crippen molar-refractivity contribution in [1.82, 2.24) is 18.3 Å². The molecule has 0 bridgehead atoms. The Bertz CT molecular complexity index is 1660. The molecule has 2 aliphatic heterocycles. The summed E-state index contributed by atoms with van der Waals surface area (Å²) >= 11 is 0. The Labute approximate surface area is 275 Å². The zero-order valence-electron chi connectivity index (χ0n) is 29.4. The minimum Gasteiger partial charge on any atom is -0.390 e. The number of ether oxygens (including phenoxy) is 1. The van der Waals surface area contributed by atoms with E-state index >= 15 is 0 Å². The highest BCUT2D eigenvalue weighted by Crippen LogP contribution is 2.39. The molecule has 0 saturated heterocycles. The van der Waals surface area contributed by atoms with Gasteiger partial charge in [-0.2, -0.15) is 0 Å². The summed E-state index contributed by atoms with van der Waals surface area (Å²) in [4.78, 5) is 59.1. The fourth-order valence-corrected chi connectivity index (χ4v) is 6.41. The van der Waals surface area contributed by atoms with Crippen molar-refractivity contribution < 1.29 is 14.9 Å². The Morgan fingerprint density at radius 3 is 1.49 bits per heavy atom. The summed E-state index contributed by atoms with van der Waals surface area (Å²) in [5, 5.41) is 23.8. The first kappa shape index (κ1) is 36.3. The molecule has 0 saturated carbocycles. The summed E-state index contributed by atoms with van der Waals surface area (Å²) in [5.74, 6) is 0.758. The van der Waals surface area contributed by atoms with Gasteiger partial charge in [0, 0.05) is 40.3 Å². The number of rotatable bonds is 16. The molecule has 0 spiro atoms. The second-order valence-electron chi connectivity index (χ2n) is 14.0. The lowest BCUT2D eigenvalue weighted by Crippen LogP contribution is -2.49. The number of aliphatic hydroxyl groups is 2. The molecule has 264 valence electrons. The fourth-order valence-electron chi connectivity index (χ4n) is 6.41. The van der Waals surface area contributed by atoms with Gasteiger partial charge in [-0.15, -0.1) is 0 Å². The predicted octanol–water partition coefficient (Wildman–Crippen LogP) is 1.48. The highest BCUT2D eigenvalue weighted by molar-refractivity contribution is 5.80. The van der Waals surface area contributed by atoms with Crippen molar-refractivity contribution in [3.05, 3.63) is 41.7 Å². The van der Waals surface area contributed by atoms with Crippen LogP contribution >= 0.6 is 0 Å². The monoisotopic (exact) mass is 662 g/mol. The molecule has 0 atom stereocenters. The maximum absolute atomic E-state index is 14.0. The molecule has 0 aromatic carbocycles. The third-order valence-corrected chi connectivity index (χ3v) is 8.80. The topological polar surface area (TPSA) is 151 Å². The average molecular weight is 663 g/mol. The van der Waals surface area contributed by atoms with Crippen molar-refractivity contribution in [2.75, 3.05) is 53.0 Å². The van der Waals surface area contributed by atoms with Crippen LogP contribution in [0.15, 0.2) is 19.2 Å². The summed E-state index contributed by atoms with van der Waals surface area (Å²) in [7, 11) is 3.26. The summed E-state index contributed by atoms with van der Waals surface area (Å²) < 4.78 is 11.2. The third kappa shape index (κ3) is 7.62. The molecule has 2 aliphatic rings. The van der Waals surface area contributed by atoms with E-state index in [9.17, 15) is 29.4 Å². The first-order valence-electron chi connectivity index (χ1n) is 16.8. The van der Waals surface area contributed by atoms with Gasteiger partial charge in [0.2, 0.25) is 0 Å². The van der Waals surface area contributed by atoms with Crippen LogP contribution in [0.2, 0.25) is 0 Å². The molecule has 0 amide bonds. The van der Waals surface area contributed by atoms with Crippen LogP contribution < -0.4 is 42.3 Å². The summed E-state index contributed by atoms with van der Waals surface area (Å²) in [5.41, 5.74) is -2.70. The Balaban J connectivity index is 1.78. The van der Waals surface area contributed by atoms with E-state index in [4.69, 9.17) is 4.74 Å². The first-order valence-corrected chi connectivity index (χ1v) is 16.8. The molecule has 2 aromatic heterocycles. The van der Waals surface area contributed by atoms with E-state index < -0.39 is 28.1 Å². The van der Waals surface area contributed by atoms with E-state index in [2.05, 4.69) is 0 Å². The summed E-state index contributed by atoms with van der Waals surface area (Å²) in [6.07, 6.45) is 4.26. The number of anilines is 4. The second kappa shape index (κ2) is 14.3. The quantitative estimate of drug-likeness (QED) is 0.252. The maximum atomic E-state index is 14.0. The van der Waals surface area contributed by atoms with Gasteiger partial charge in [-0.3, -0.25) is 27.9 Å². The molecule has 4 rings (SSSR count). The number of nitrogens with zero attached hydrogens (tertiary/aromatic N) is 8. The minimum absolute atomic E-state index is 0.108. The van der Waals surface area contributed by atoms with Crippen molar-refractivity contribution in [2.24, 2.45) is 14.1 Å². The van der Waals surface area contributed by atoms with Gasteiger partial charge < -0.3 is 24.7 Å². The lowest BCUT2D eigenvalue weighted by molar-refractivity contribution is 0.0672.